The van der Waals surface area contributed by atoms with Crippen molar-refractivity contribution in [1.82, 2.24) is 10.2 Å². The van der Waals surface area contributed by atoms with Gasteiger partial charge in [0.2, 0.25) is 5.91 Å². The van der Waals surface area contributed by atoms with Gasteiger partial charge in [-0.3, -0.25) is 9.59 Å². The predicted molar refractivity (Wildman–Crippen MR) is 74.6 cm³/mol. The SMILES string of the molecule is O=C1Cc2cc(C(=O)N3CC[C@H]4CNC[C@H]43)ccc2N1. The van der Waals surface area contributed by atoms with Crippen LogP contribution in [0.2, 0.25) is 0 Å². The Morgan fingerprint density at radius 3 is 3.10 bits per heavy atom. The lowest BCUT2D eigenvalue weighted by atomic mass is 10.0. The highest BCUT2D eigenvalue weighted by Gasteiger charge is 2.40. The molecular formula is C15H17N3O2. The third-order valence-corrected chi connectivity index (χ3v) is 4.68. The molecule has 2 fully saturated rings. The van der Waals surface area contributed by atoms with Crippen LogP contribution in [0.15, 0.2) is 18.2 Å². The molecule has 2 saturated heterocycles. The van der Waals surface area contributed by atoms with E-state index in [2.05, 4.69) is 10.6 Å². The first-order valence-electron chi connectivity index (χ1n) is 7.17. The maximum absolute atomic E-state index is 12.7. The molecule has 5 nitrogen and oxygen atoms in total. The predicted octanol–water partition coefficient (Wildman–Crippen LogP) is 0.615. The summed E-state index contributed by atoms with van der Waals surface area (Å²) in [5.41, 5.74) is 2.47. The number of amides is 2. The van der Waals surface area contributed by atoms with E-state index in [-0.39, 0.29) is 11.8 Å². The maximum atomic E-state index is 12.7. The van der Waals surface area contributed by atoms with E-state index in [0.29, 0.717) is 23.9 Å². The van der Waals surface area contributed by atoms with Gasteiger partial charge in [0, 0.05) is 36.9 Å². The van der Waals surface area contributed by atoms with E-state index >= 15 is 0 Å². The summed E-state index contributed by atoms with van der Waals surface area (Å²) >= 11 is 0. The Labute approximate surface area is 117 Å². The largest absolute Gasteiger partial charge is 0.334 e. The van der Waals surface area contributed by atoms with E-state index in [0.717, 1.165) is 37.3 Å². The normalized spacial score (nSPS) is 27.4. The number of carbonyl (C=O) groups is 2. The van der Waals surface area contributed by atoms with Crippen molar-refractivity contribution in [2.24, 2.45) is 5.92 Å². The Kier molecular flexibility index (Phi) is 2.57. The summed E-state index contributed by atoms with van der Waals surface area (Å²) < 4.78 is 0. The Bertz CT molecular complexity index is 599. The van der Waals surface area contributed by atoms with Crippen molar-refractivity contribution < 1.29 is 9.59 Å². The summed E-state index contributed by atoms with van der Waals surface area (Å²) in [6.07, 6.45) is 1.47. The molecule has 3 aliphatic heterocycles. The lowest BCUT2D eigenvalue weighted by Crippen LogP contribution is -2.39. The highest BCUT2D eigenvalue weighted by molar-refractivity contribution is 6.01. The number of hydrogen-bond donors (Lipinski definition) is 2. The molecule has 2 amide bonds. The van der Waals surface area contributed by atoms with Crippen molar-refractivity contribution in [3.63, 3.8) is 0 Å². The summed E-state index contributed by atoms with van der Waals surface area (Å²) in [6.45, 7) is 2.78. The lowest BCUT2D eigenvalue weighted by molar-refractivity contribution is -0.115. The standard InChI is InChI=1S/C15H17N3O2/c19-14-6-11-5-9(1-2-12(11)17-14)15(20)18-4-3-10-7-16-8-13(10)18/h1-2,5,10,13,16H,3-4,6-8H2,(H,17,19)/t10-,13+/m0/s1. The van der Waals surface area contributed by atoms with Crippen molar-refractivity contribution in [2.45, 2.75) is 18.9 Å². The number of fused-ring (bicyclic) bond motifs is 2. The average molecular weight is 271 g/mol. The first-order valence-corrected chi connectivity index (χ1v) is 7.17. The second-order valence-electron chi connectivity index (χ2n) is 5.87. The van der Waals surface area contributed by atoms with Crippen LogP contribution >= 0.6 is 0 Å². The van der Waals surface area contributed by atoms with Gasteiger partial charge in [0.1, 0.15) is 0 Å². The zero-order valence-corrected chi connectivity index (χ0v) is 11.2. The van der Waals surface area contributed by atoms with Gasteiger partial charge >= 0.3 is 0 Å². The van der Waals surface area contributed by atoms with Gasteiger partial charge in [-0.1, -0.05) is 0 Å². The van der Waals surface area contributed by atoms with Crippen LogP contribution < -0.4 is 10.6 Å². The molecule has 0 radical (unpaired) electrons. The molecule has 3 heterocycles. The molecule has 0 aromatic heterocycles. The van der Waals surface area contributed by atoms with Crippen molar-refractivity contribution in [3.8, 4) is 0 Å². The monoisotopic (exact) mass is 271 g/mol. The molecule has 1 aromatic carbocycles. The maximum Gasteiger partial charge on any atom is 0.254 e. The number of nitrogens with one attached hydrogen (secondary N) is 2. The highest BCUT2D eigenvalue weighted by Crippen LogP contribution is 2.30. The van der Waals surface area contributed by atoms with Crippen LogP contribution in [0.5, 0.6) is 0 Å². The molecule has 104 valence electrons. The first-order chi connectivity index (χ1) is 9.72. The van der Waals surface area contributed by atoms with Gasteiger partial charge in [0.05, 0.1) is 6.42 Å². The van der Waals surface area contributed by atoms with E-state index in [1.165, 1.54) is 0 Å². The molecule has 0 unspecified atom stereocenters. The summed E-state index contributed by atoms with van der Waals surface area (Å²) in [6, 6.07) is 5.87. The number of anilines is 1. The molecule has 5 heteroatoms. The number of likely N-dealkylation sites (tertiary alicyclic amines) is 1. The molecule has 20 heavy (non-hydrogen) atoms. The minimum Gasteiger partial charge on any atom is -0.334 e. The van der Waals surface area contributed by atoms with Crippen LogP contribution in [0, 0.1) is 5.92 Å². The molecule has 0 spiro atoms. The van der Waals surface area contributed by atoms with Crippen molar-refractivity contribution >= 4 is 17.5 Å². The van der Waals surface area contributed by atoms with E-state index in [4.69, 9.17) is 0 Å². The van der Waals surface area contributed by atoms with E-state index in [1.54, 1.807) is 0 Å². The Balaban J connectivity index is 1.60. The fourth-order valence-electron chi connectivity index (χ4n) is 3.63. The number of carbonyl (C=O) groups excluding carboxylic acids is 2. The zero-order chi connectivity index (χ0) is 13.7. The zero-order valence-electron chi connectivity index (χ0n) is 11.2. The Hall–Kier alpha value is -1.88. The van der Waals surface area contributed by atoms with E-state index < -0.39 is 0 Å². The van der Waals surface area contributed by atoms with Gasteiger partial charge in [0.15, 0.2) is 0 Å². The topological polar surface area (TPSA) is 61.4 Å². The molecule has 3 aliphatic rings. The van der Waals surface area contributed by atoms with Crippen LogP contribution in [0.1, 0.15) is 22.3 Å². The van der Waals surface area contributed by atoms with Gasteiger partial charge in [-0.2, -0.15) is 0 Å². The fraction of sp³-hybridized carbons (Fsp3) is 0.467. The minimum absolute atomic E-state index is 0.00540. The Morgan fingerprint density at radius 2 is 2.20 bits per heavy atom. The summed E-state index contributed by atoms with van der Waals surface area (Å²) in [5, 5.41) is 6.16. The lowest BCUT2D eigenvalue weighted by Gasteiger charge is -2.23. The van der Waals surface area contributed by atoms with E-state index in [9.17, 15) is 9.59 Å². The average Bonchev–Trinajstić information content (AvgIpc) is 3.10. The van der Waals surface area contributed by atoms with Crippen LogP contribution in [0.4, 0.5) is 5.69 Å². The van der Waals surface area contributed by atoms with Crippen LogP contribution in [0.25, 0.3) is 0 Å². The summed E-state index contributed by atoms with van der Waals surface area (Å²) in [5.74, 6) is 0.714. The van der Waals surface area contributed by atoms with Gasteiger partial charge in [-0.05, 0) is 36.1 Å². The van der Waals surface area contributed by atoms with Crippen LogP contribution in [-0.4, -0.2) is 42.4 Å². The van der Waals surface area contributed by atoms with Crippen LogP contribution in [-0.2, 0) is 11.2 Å². The third kappa shape index (κ3) is 1.73. The quantitative estimate of drug-likeness (QED) is 0.787. The molecule has 4 rings (SSSR count). The number of benzene rings is 1. The molecule has 0 saturated carbocycles. The number of rotatable bonds is 1. The fourth-order valence-corrected chi connectivity index (χ4v) is 3.63. The van der Waals surface area contributed by atoms with Crippen molar-refractivity contribution in [3.05, 3.63) is 29.3 Å². The molecule has 2 N–H and O–H groups in total. The number of hydrogen-bond acceptors (Lipinski definition) is 3. The summed E-state index contributed by atoms with van der Waals surface area (Å²) in [7, 11) is 0. The smallest absolute Gasteiger partial charge is 0.254 e. The first kappa shape index (κ1) is 11.9. The van der Waals surface area contributed by atoms with Gasteiger partial charge in [0.25, 0.3) is 5.91 Å². The molecule has 1 aromatic rings. The number of nitrogens with zero attached hydrogens (tertiary/aromatic N) is 1. The van der Waals surface area contributed by atoms with Crippen molar-refractivity contribution in [2.75, 3.05) is 25.0 Å². The second-order valence-corrected chi connectivity index (χ2v) is 5.87. The minimum atomic E-state index is 0.00540. The molecular weight excluding hydrogens is 254 g/mol. The van der Waals surface area contributed by atoms with Gasteiger partial charge in [-0.25, -0.2) is 0 Å². The third-order valence-electron chi connectivity index (χ3n) is 4.68. The highest BCUT2D eigenvalue weighted by atomic mass is 16.2. The molecule has 2 atom stereocenters. The Morgan fingerprint density at radius 1 is 1.30 bits per heavy atom. The molecule has 0 bridgehead atoms. The van der Waals surface area contributed by atoms with Gasteiger partial charge < -0.3 is 15.5 Å². The van der Waals surface area contributed by atoms with E-state index in [1.807, 2.05) is 23.1 Å². The van der Waals surface area contributed by atoms with Crippen LogP contribution in [0.3, 0.4) is 0 Å². The summed E-state index contributed by atoms with van der Waals surface area (Å²) in [4.78, 5) is 26.0. The molecule has 0 aliphatic carbocycles. The second kappa shape index (κ2) is 4.31. The van der Waals surface area contributed by atoms with Gasteiger partial charge in [-0.15, -0.1) is 0 Å². The van der Waals surface area contributed by atoms with Crippen molar-refractivity contribution in [1.29, 1.82) is 0 Å².